The topological polar surface area (TPSA) is 50.8 Å². The van der Waals surface area contributed by atoms with Gasteiger partial charge in [0.1, 0.15) is 11.6 Å². The van der Waals surface area contributed by atoms with E-state index in [1.165, 1.54) is 5.56 Å². The molecule has 0 atom stereocenters. The van der Waals surface area contributed by atoms with Gasteiger partial charge in [-0.1, -0.05) is 30.3 Å². The van der Waals surface area contributed by atoms with Gasteiger partial charge in [-0.3, -0.25) is 0 Å². The summed E-state index contributed by atoms with van der Waals surface area (Å²) in [4.78, 5) is 6.47. The van der Waals surface area contributed by atoms with Crippen molar-refractivity contribution in [3.8, 4) is 5.75 Å². The van der Waals surface area contributed by atoms with Crippen molar-refractivity contribution in [2.24, 2.45) is 10.7 Å². The minimum absolute atomic E-state index is 0.575. The van der Waals surface area contributed by atoms with E-state index in [0.717, 1.165) is 30.1 Å². The van der Waals surface area contributed by atoms with Crippen molar-refractivity contribution in [2.45, 2.75) is 6.42 Å². The summed E-state index contributed by atoms with van der Waals surface area (Å²) in [5, 5.41) is 0. The third-order valence-corrected chi connectivity index (χ3v) is 3.71. The zero-order valence-corrected chi connectivity index (χ0v) is 12.6. The molecule has 4 heteroatoms. The van der Waals surface area contributed by atoms with E-state index < -0.39 is 0 Å². The lowest BCUT2D eigenvalue weighted by atomic mass is 10.1. The minimum atomic E-state index is 0.575. The van der Waals surface area contributed by atoms with Crippen molar-refractivity contribution in [1.82, 2.24) is 0 Å². The van der Waals surface area contributed by atoms with E-state index in [9.17, 15) is 0 Å². The first-order valence-electron chi connectivity index (χ1n) is 7.24. The summed E-state index contributed by atoms with van der Waals surface area (Å²) in [6, 6.07) is 18.3. The standard InChI is InChI=1S/C18H19N3O/c1-22-16-9-7-15(8-10-16)21-12-11-20-18(19)17(21)13-14-5-3-2-4-6-14/h2-11H,12-13,19H2,1H3. The highest BCUT2D eigenvalue weighted by atomic mass is 16.5. The summed E-state index contributed by atoms with van der Waals surface area (Å²) in [6.45, 7) is 0.717. The average Bonchev–Trinajstić information content (AvgIpc) is 2.58. The highest BCUT2D eigenvalue weighted by Crippen LogP contribution is 2.26. The number of methoxy groups -OCH3 is 1. The lowest BCUT2D eigenvalue weighted by Crippen LogP contribution is -2.31. The third kappa shape index (κ3) is 2.96. The fraction of sp³-hybridized carbons (Fsp3) is 0.167. The molecule has 0 radical (unpaired) electrons. The Morgan fingerprint density at radius 2 is 1.82 bits per heavy atom. The maximum absolute atomic E-state index is 6.13. The molecule has 0 bridgehead atoms. The summed E-state index contributed by atoms with van der Waals surface area (Å²) in [5.74, 6) is 1.42. The van der Waals surface area contributed by atoms with Crippen molar-refractivity contribution in [1.29, 1.82) is 0 Å². The van der Waals surface area contributed by atoms with E-state index in [0.29, 0.717) is 5.82 Å². The fourth-order valence-corrected chi connectivity index (χ4v) is 2.54. The number of aliphatic imine (C=N–C) groups is 1. The molecule has 0 amide bonds. The van der Waals surface area contributed by atoms with Crippen LogP contribution in [0.2, 0.25) is 0 Å². The molecule has 1 aliphatic rings. The number of anilines is 1. The van der Waals surface area contributed by atoms with Gasteiger partial charge in [0.2, 0.25) is 0 Å². The zero-order valence-electron chi connectivity index (χ0n) is 12.6. The molecule has 0 spiro atoms. The van der Waals surface area contributed by atoms with E-state index in [4.69, 9.17) is 10.5 Å². The molecule has 2 aromatic rings. The van der Waals surface area contributed by atoms with Gasteiger partial charge in [-0.25, -0.2) is 4.99 Å². The molecule has 22 heavy (non-hydrogen) atoms. The summed E-state index contributed by atoms with van der Waals surface area (Å²) < 4.78 is 5.22. The number of ether oxygens (including phenoxy) is 1. The Hall–Kier alpha value is -2.75. The normalized spacial score (nSPS) is 14.3. The smallest absolute Gasteiger partial charge is 0.143 e. The molecule has 112 valence electrons. The van der Waals surface area contributed by atoms with Crippen LogP contribution in [0.15, 0.2) is 71.1 Å². The fourth-order valence-electron chi connectivity index (χ4n) is 2.54. The van der Waals surface area contributed by atoms with Crippen molar-refractivity contribution < 1.29 is 4.74 Å². The van der Waals surface area contributed by atoms with E-state index in [1.54, 1.807) is 7.11 Å². The highest BCUT2D eigenvalue weighted by molar-refractivity contribution is 5.72. The molecule has 0 aliphatic carbocycles. The molecule has 0 aromatic heterocycles. The second-order valence-electron chi connectivity index (χ2n) is 5.11. The first kappa shape index (κ1) is 14.2. The van der Waals surface area contributed by atoms with E-state index in [1.807, 2.05) is 48.7 Å². The van der Waals surface area contributed by atoms with Gasteiger partial charge in [0.25, 0.3) is 0 Å². The number of hydrogen-bond donors (Lipinski definition) is 1. The van der Waals surface area contributed by atoms with Crippen LogP contribution < -0.4 is 15.4 Å². The van der Waals surface area contributed by atoms with Crippen LogP contribution in [0.3, 0.4) is 0 Å². The summed E-state index contributed by atoms with van der Waals surface area (Å²) in [7, 11) is 1.67. The summed E-state index contributed by atoms with van der Waals surface area (Å²) >= 11 is 0. The third-order valence-electron chi connectivity index (χ3n) is 3.71. The Bertz CT molecular complexity index is 690. The van der Waals surface area contributed by atoms with Crippen molar-refractivity contribution in [2.75, 3.05) is 18.6 Å². The Balaban J connectivity index is 1.90. The maximum Gasteiger partial charge on any atom is 0.143 e. The quantitative estimate of drug-likeness (QED) is 0.943. The van der Waals surface area contributed by atoms with Gasteiger partial charge < -0.3 is 15.4 Å². The van der Waals surface area contributed by atoms with Crippen LogP contribution in [0.4, 0.5) is 5.69 Å². The van der Waals surface area contributed by atoms with Gasteiger partial charge in [-0.15, -0.1) is 0 Å². The largest absolute Gasteiger partial charge is 0.497 e. The number of hydrogen-bond acceptors (Lipinski definition) is 4. The molecule has 4 nitrogen and oxygen atoms in total. The van der Waals surface area contributed by atoms with Gasteiger partial charge in [-0.2, -0.15) is 0 Å². The molecular weight excluding hydrogens is 274 g/mol. The molecule has 0 saturated heterocycles. The first-order valence-corrected chi connectivity index (χ1v) is 7.24. The predicted molar refractivity (Wildman–Crippen MR) is 90.2 cm³/mol. The average molecular weight is 293 g/mol. The molecule has 2 aromatic carbocycles. The predicted octanol–water partition coefficient (Wildman–Crippen LogP) is 2.96. The number of nitrogens with two attached hydrogens (primary N) is 1. The maximum atomic E-state index is 6.13. The molecule has 0 unspecified atom stereocenters. The van der Waals surface area contributed by atoms with Crippen molar-refractivity contribution in [3.63, 3.8) is 0 Å². The number of allylic oxidation sites excluding steroid dienone is 1. The lowest BCUT2D eigenvalue weighted by Gasteiger charge is -2.29. The van der Waals surface area contributed by atoms with E-state index in [2.05, 4.69) is 22.0 Å². The van der Waals surface area contributed by atoms with Gasteiger partial charge >= 0.3 is 0 Å². The molecule has 0 fully saturated rings. The van der Waals surface area contributed by atoms with Gasteiger partial charge in [0.15, 0.2) is 0 Å². The van der Waals surface area contributed by atoms with E-state index >= 15 is 0 Å². The summed E-state index contributed by atoms with van der Waals surface area (Å²) in [5.41, 5.74) is 9.46. The van der Waals surface area contributed by atoms with Crippen LogP contribution in [0.5, 0.6) is 5.75 Å². The lowest BCUT2D eigenvalue weighted by molar-refractivity contribution is 0.415. The molecule has 3 rings (SSSR count). The van der Waals surface area contributed by atoms with Crippen molar-refractivity contribution >= 4 is 11.9 Å². The van der Waals surface area contributed by atoms with Gasteiger partial charge in [0, 0.05) is 18.3 Å². The van der Waals surface area contributed by atoms with E-state index in [-0.39, 0.29) is 0 Å². The zero-order chi connectivity index (χ0) is 15.4. The van der Waals surface area contributed by atoms with Crippen LogP contribution in [0, 0.1) is 0 Å². The van der Waals surface area contributed by atoms with Crippen LogP contribution in [-0.4, -0.2) is 19.9 Å². The molecule has 1 heterocycles. The van der Waals surface area contributed by atoms with Crippen LogP contribution in [0.1, 0.15) is 5.56 Å². The minimum Gasteiger partial charge on any atom is -0.497 e. The molecule has 0 saturated carbocycles. The molecular formula is C18H19N3O. The Kier molecular flexibility index (Phi) is 4.10. The molecule has 2 N–H and O–H groups in total. The Labute approximate surface area is 130 Å². The number of benzene rings is 2. The van der Waals surface area contributed by atoms with Crippen LogP contribution in [-0.2, 0) is 6.42 Å². The first-order chi connectivity index (χ1) is 10.8. The van der Waals surface area contributed by atoms with Gasteiger partial charge in [-0.05, 0) is 29.8 Å². The Morgan fingerprint density at radius 3 is 2.50 bits per heavy atom. The van der Waals surface area contributed by atoms with Crippen LogP contribution in [0.25, 0.3) is 0 Å². The monoisotopic (exact) mass is 293 g/mol. The highest BCUT2D eigenvalue weighted by Gasteiger charge is 2.18. The Morgan fingerprint density at radius 1 is 1.09 bits per heavy atom. The number of nitrogens with zero attached hydrogens (tertiary/aromatic N) is 2. The van der Waals surface area contributed by atoms with Crippen molar-refractivity contribution in [3.05, 3.63) is 71.7 Å². The van der Waals surface area contributed by atoms with Crippen LogP contribution >= 0.6 is 0 Å². The summed E-state index contributed by atoms with van der Waals surface area (Å²) in [6.07, 6.45) is 2.60. The molecule has 1 aliphatic heterocycles. The number of rotatable bonds is 4. The van der Waals surface area contributed by atoms with Gasteiger partial charge in [0.05, 0.1) is 19.4 Å². The second-order valence-corrected chi connectivity index (χ2v) is 5.11. The second kappa shape index (κ2) is 6.35. The SMILES string of the molecule is COc1ccc(N2CC=NC(N)=C2Cc2ccccc2)cc1.